The third-order valence-electron chi connectivity index (χ3n) is 4.41. The van der Waals surface area contributed by atoms with Gasteiger partial charge in [0.25, 0.3) is 0 Å². The molecule has 3 N–H and O–H groups in total. The number of benzene rings is 1. The number of aromatic nitrogens is 1. The largest absolute Gasteiger partial charge is 0.478 e. The van der Waals surface area contributed by atoms with Crippen LogP contribution in [0.15, 0.2) is 24.3 Å². The smallest absolute Gasteiger partial charge is 0.335 e. The number of aryl methyl sites for hydroxylation is 1. The number of aromatic carboxylic acids is 1. The van der Waals surface area contributed by atoms with Gasteiger partial charge in [0.15, 0.2) is 0 Å². The first-order chi connectivity index (χ1) is 11.6. The van der Waals surface area contributed by atoms with Gasteiger partial charge in [-0.3, -0.25) is 4.98 Å². The number of hydrogen-bond acceptors (Lipinski definition) is 4. The van der Waals surface area contributed by atoms with E-state index in [1.54, 1.807) is 23.1 Å². The second-order valence-corrected chi connectivity index (χ2v) is 6.24. The van der Waals surface area contributed by atoms with E-state index in [4.69, 9.17) is 4.74 Å². The molecule has 1 aliphatic rings. The summed E-state index contributed by atoms with van der Waals surface area (Å²) >= 11 is 0. The van der Waals surface area contributed by atoms with E-state index in [2.05, 4.69) is 10.3 Å². The lowest BCUT2D eigenvalue weighted by atomic mass is 10.1. The van der Waals surface area contributed by atoms with Crippen LogP contribution in [-0.4, -0.2) is 55.5 Å². The van der Waals surface area contributed by atoms with Crippen molar-refractivity contribution in [2.45, 2.75) is 13.3 Å². The van der Waals surface area contributed by atoms with Gasteiger partial charge in [-0.2, -0.15) is 0 Å². The lowest BCUT2D eigenvalue weighted by molar-refractivity contribution is -0.908. The van der Waals surface area contributed by atoms with E-state index in [1.165, 1.54) is 0 Å². The van der Waals surface area contributed by atoms with Gasteiger partial charge in [0.2, 0.25) is 0 Å². The molecule has 1 aromatic carbocycles. The molecule has 2 aromatic rings. The lowest BCUT2D eigenvalue weighted by Crippen LogP contribution is -3.14. The van der Waals surface area contributed by atoms with Crippen molar-refractivity contribution in [2.24, 2.45) is 0 Å². The molecule has 0 aliphatic carbocycles. The Morgan fingerprint density at radius 1 is 1.33 bits per heavy atom. The average Bonchev–Trinajstić information content (AvgIpc) is 2.59. The molecule has 0 radical (unpaired) electrons. The predicted octanol–water partition coefficient (Wildman–Crippen LogP) is 0.959. The summed E-state index contributed by atoms with van der Waals surface area (Å²) < 4.78 is 5.38. The van der Waals surface area contributed by atoms with E-state index in [1.807, 2.05) is 13.0 Å². The van der Waals surface area contributed by atoms with Gasteiger partial charge in [0.05, 0.1) is 30.8 Å². The standard InChI is InChI=1S/C18H23N3O3/c1-13-11-17(19-5-2-6-21-7-9-24-10-8-21)15-12-14(18(22)23)3-4-16(15)20-13/h3-4,11-12H,2,5-10H2,1H3,(H,19,20)(H,22,23)/p+1. The summed E-state index contributed by atoms with van der Waals surface area (Å²) in [4.78, 5) is 17.3. The number of carboxylic acid groups (broad SMARTS) is 1. The van der Waals surface area contributed by atoms with Crippen molar-refractivity contribution >= 4 is 22.6 Å². The zero-order chi connectivity index (χ0) is 16.9. The molecule has 2 heterocycles. The quantitative estimate of drug-likeness (QED) is 0.688. The summed E-state index contributed by atoms with van der Waals surface area (Å²) in [5.41, 5.74) is 2.99. The maximum atomic E-state index is 11.2. The number of carboxylic acids is 1. The third kappa shape index (κ3) is 4.01. The van der Waals surface area contributed by atoms with Crippen LogP contribution in [0.4, 0.5) is 5.69 Å². The van der Waals surface area contributed by atoms with Crippen LogP contribution >= 0.6 is 0 Å². The van der Waals surface area contributed by atoms with Gasteiger partial charge < -0.3 is 20.1 Å². The Morgan fingerprint density at radius 2 is 2.12 bits per heavy atom. The van der Waals surface area contributed by atoms with Crippen molar-refractivity contribution in [3.05, 3.63) is 35.5 Å². The molecule has 1 fully saturated rings. The highest BCUT2D eigenvalue weighted by atomic mass is 16.5. The van der Waals surface area contributed by atoms with E-state index >= 15 is 0 Å². The van der Waals surface area contributed by atoms with Crippen molar-refractivity contribution in [1.29, 1.82) is 0 Å². The highest BCUT2D eigenvalue weighted by Crippen LogP contribution is 2.24. The van der Waals surface area contributed by atoms with Gasteiger partial charge in [0, 0.05) is 29.7 Å². The number of nitrogens with one attached hydrogen (secondary N) is 2. The summed E-state index contributed by atoms with van der Waals surface area (Å²) in [6, 6.07) is 7.05. The molecule has 6 nitrogen and oxygen atoms in total. The van der Waals surface area contributed by atoms with Crippen LogP contribution in [0.1, 0.15) is 22.5 Å². The molecule has 0 spiro atoms. The third-order valence-corrected chi connectivity index (χ3v) is 4.41. The van der Waals surface area contributed by atoms with E-state index < -0.39 is 5.97 Å². The van der Waals surface area contributed by atoms with Crippen LogP contribution in [0.5, 0.6) is 0 Å². The molecular formula is C18H24N3O3+. The molecule has 1 aliphatic heterocycles. The van der Waals surface area contributed by atoms with Gasteiger partial charge in [-0.25, -0.2) is 4.79 Å². The predicted molar refractivity (Wildman–Crippen MR) is 92.9 cm³/mol. The van der Waals surface area contributed by atoms with Gasteiger partial charge in [-0.05, 0) is 31.2 Å². The normalized spacial score (nSPS) is 15.5. The monoisotopic (exact) mass is 330 g/mol. The molecule has 24 heavy (non-hydrogen) atoms. The van der Waals surface area contributed by atoms with Crippen LogP contribution in [-0.2, 0) is 4.74 Å². The number of morpholine rings is 1. The highest BCUT2D eigenvalue weighted by molar-refractivity contribution is 5.98. The number of anilines is 1. The van der Waals surface area contributed by atoms with E-state index in [0.29, 0.717) is 0 Å². The summed E-state index contributed by atoms with van der Waals surface area (Å²) in [5.74, 6) is -0.917. The summed E-state index contributed by atoms with van der Waals surface area (Å²) in [6.45, 7) is 7.81. The van der Waals surface area contributed by atoms with Crippen LogP contribution < -0.4 is 10.2 Å². The molecule has 0 amide bonds. The Labute approximate surface area is 141 Å². The fourth-order valence-electron chi connectivity index (χ4n) is 3.11. The first-order valence-electron chi connectivity index (χ1n) is 8.43. The minimum Gasteiger partial charge on any atom is -0.478 e. The minimum absolute atomic E-state index is 0.286. The fourth-order valence-corrected chi connectivity index (χ4v) is 3.11. The molecule has 3 rings (SSSR count). The van der Waals surface area contributed by atoms with Gasteiger partial charge in [-0.15, -0.1) is 0 Å². The van der Waals surface area contributed by atoms with Gasteiger partial charge >= 0.3 is 5.97 Å². The fraction of sp³-hybridized carbons (Fsp3) is 0.444. The van der Waals surface area contributed by atoms with Crippen molar-refractivity contribution in [3.63, 3.8) is 0 Å². The first kappa shape index (κ1) is 16.7. The number of nitrogens with zero attached hydrogens (tertiary/aromatic N) is 1. The number of quaternary nitrogens is 1. The Morgan fingerprint density at radius 3 is 2.88 bits per heavy atom. The SMILES string of the molecule is Cc1cc(NCCC[NH+]2CCOCC2)c2cc(C(=O)O)ccc2n1. The average molecular weight is 330 g/mol. The molecule has 1 aromatic heterocycles. The van der Waals surface area contributed by atoms with Crippen molar-refractivity contribution in [3.8, 4) is 0 Å². The number of pyridine rings is 1. The molecule has 1 saturated heterocycles. The zero-order valence-corrected chi connectivity index (χ0v) is 14.0. The second-order valence-electron chi connectivity index (χ2n) is 6.24. The molecule has 0 bridgehead atoms. The van der Waals surface area contributed by atoms with E-state index in [0.717, 1.165) is 68.1 Å². The summed E-state index contributed by atoms with van der Waals surface area (Å²) in [6.07, 6.45) is 1.07. The van der Waals surface area contributed by atoms with Crippen LogP contribution in [0.3, 0.4) is 0 Å². The maximum Gasteiger partial charge on any atom is 0.335 e. The lowest BCUT2D eigenvalue weighted by Gasteiger charge is -2.23. The van der Waals surface area contributed by atoms with Gasteiger partial charge in [-0.1, -0.05) is 0 Å². The van der Waals surface area contributed by atoms with Gasteiger partial charge in [0.1, 0.15) is 13.1 Å². The zero-order valence-electron chi connectivity index (χ0n) is 14.0. The number of hydrogen-bond donors (Lipinski definition) is 3. The van der Waals surface area contributed by atoms with Crippen molar-refractivity contribution < 1.29 is 19.5 Å². The molecule has 0 saturated carbocycles. The molecule has 0 unspecified atom stereocenters. The van der Waals surface area contributed by atoms with Crippen LogP contribution in [0.2, 0.25) is 0 Å². The second kappa shape index (κ2) is 7.59. The number of ether oxygens (including phenoxy) is 1. The number of fused-ring (bicyclic) bond motifs is 1. The maximum absolute atomic E-state index is 11.2. The number of carbonyl (C=O) groups is 1. The van der Waals surface area contributed by atoms with E-state index in [9.17, 15) is 9.90 Å². The summed E-state index contributed by atoms with van der Waals surface area (Å²) in [5, 5.41) is 13.5. The highest BCUT2D eigenvalue weighted by Gasteiger charge is 2.13. The first-order valence-corrected chi connectivity index (χ1v) is 8.43. The van der Waals surface area contributed by atoms with Crippen molar-refractivity contribution in [1.82, 2.24) is 4.98 Å². The molecule has 0 atom stereocenters. The topological polar surface area (TPSA) is 75.9 Å². The Hall–Kier alpha value is -2.18. The Bertz CT molecular complexity index is 727. The Balaban J connectivity index is 1.68. The molecule has 6 heteroatoms. The van der Waals surface area contributed by atoms with E-state index in [-0.39, 0.29) is 5.56 Å². The minimum atomic E-state index is -0.917. The molecule has 128 valence electrons. The summed E-state index contributed by atoms with van der Waals surface area (Å²) in [7, 11) is 0. The number of rotatable bonds is 6. The molecular weight excluding hydrogens is 306 g/mol. The van der Waals surface area contributed by atoms with Crippen molar-refractivity contribution in [2.75, 3.05) is 44.7 Å². The Kier molecular flexibility index (Phi) is 5.27. The van der Waals surface area contributed by atoms with Crippen LogP contribution in [0, 0.1) is 6.92 Å². The van der Waals surface area contributed by atoms with Crippen LogP contribution in [0.25, 0.3) is 10.9 Å².